The summed E-state index contributed by atoms with van der Waals surface area (Å²) in [5.41, 5.74) is 4.24. The predicted octanol–water partition coefficient (Wildman–Crippen LogP) is 2.32. The average Bonchev–Trinajstić information content (AvgIpc) is 2.60. The van der Waals surface area contributed by atoms with Crippen molar-refractivity contribution in [3.63, 3.8) is 0 Å². The van der Waals surface area contributed by atoms with Gasteiger partial charge in [0.1, 0.15) is 17.1 Å². The molecule has 1 aliphatic rings. The number of aliphatic imine (C=N–C) groups is 1. The predicted molar refractivity (Wildman–Crippen MR) is 109 cm³/mol. The molecule has 29 heavy (non-hydrogen) atoms. The van der Waals surface area contributed by atoms with Crippen molar-refractivity contribution in [3.05, 3.63) is 58.6 Å². The summed E-state index contributed by atoms with van der Waals surface area (Å²) in [6, 6.07) is 6.52. The lowest BCUT2D eigenvalue weighted by molar-refractivity contribution is 0.102. The molecule has 0 fully saturated rings. The van der Waals surface area contributed by atoms with E-state index in [0.29, 0.717) is 9.33 Å². The summed E-state index contributed by atoms with van der Waals surface area (Å²) < 4.78 is 55.9. The second-order valence-electron chi connectivity index (χ2n) is 6.50. The van der Waals surface area contributed by atoms with Crippen molar-refractivity contribution in [1.82, 2.24) is 9.29 Å². The summed E-state index contributed by atoms with van der Waals surface area (Å²) in [6.45, 7) is 0.0650. The first-order valence-corrected chi connectivity index (χ1v) is 10.3. The zero-order valence-electron chi connectivity index (χ0n) is 17.5. The van der Waals surface area contributed by atoms with Crippen LogP contribution in [0.3, 0.4) is 0 Å². The van der Waals surface area contributed by atoms with E-state index in [1.807, 2.05) is 0 Å². The summed E-state index contributed by atoms with van der Waals surface area (Å²) in [7, 11) is -4.26. The molecule has 3 N–H and O–H groups in total. The second kappa shape index (κ2) is 7.60. The Morgan fingerprint density at radius 2 is 2.17 bits per heavy atom. The van der Waals surface area contributed by atoms with Gasteiger partial charge in [-0.3, -0.25) is 4.79 Å². The first-order valence-electron chi connectivity index (χ1n) is 9.34. The number of nitrogens with zero attached hydrogens (tertiary/aromatic N) is 3. The summed E-state index contributed by atoms with van der Waals surface area (Å²) >= 11 is 5.75. The molecule has 2 heterocycles. The van der Waals surface area contributed by atoms with Crippen molar-refractivity contribution in [3.8, 4) is 0 Å². The number of hydrogen-bond donors (Lipinski definition) is 2. The van der Waals surface area contributed by atoms with Crippen LogP contribution in [0, 0.1) is 5.82 Å². The van der Waals surface area contributed by atoms with Crippen LogP contribution in [0.4, 0.5) is 10.1 Å². The highest BCUT2D eigenvalue weighted by molar-refractivity contribution is 7.89. The van der Waals surface area contributed by atoms with Crippen LogP contribution >= 0.6 is 11.6 Å². The van der Waals surface area contributed by atoms with Crippen molar-refractivity contribution < 1.29 is 20.3 Å². The number of halogens is 2. The number of anilines is 1. The minimum absolute atomic E-state index is 0.0739. The normalized spacial score (nSPS) is 22.3. The van der Waals surface area contributed by atoms with Gasteiger partial charge < -0.3 is 11.1 Å². The molecule has 1 atom stereocenters. The number of pyridine rings is 1. The molecule has 3 rings (SSSR count). The zero-order valence-corrected chi connectivity index (χ0v) is 17.1. The molecule has 1 aliphatic heterocycles. The quantitative estimate of drug-likeness (QED) is 0.754. The molecule has 8 nitrogen and oxygen atoms in total. The van der Waals surface area contributed by atoms with Crippen LogP contribution in [-0.2, 0) is 15.6 Å². The number of amides is 1. The molecule has 0 unspecified atom stereocenters. The highest BCUT2D eigenvalue weighted by Crippen LogP contribution is 2.35. The van der Waals surface area contributed by atoms with Crippen molar-refractivity contribution in [2.24, 2.45) is 10.7 Å². The lowest BCUT2D eigenvalue weighted by Gasteiger charge is -2.36. The second-order valence-corrected chi connectivity index (χ2v) is 8.75. The van der Waals surface area contributed by atoms with Crippen LogP contribution in [0.1, 0.15) is 32.6 Å². The SMILES string of the molecule is [2H]C([2H])(C)N1C(N)=N[C@](C)(c2cc(NC(=O)c3ccc(Cl)cn3)ccc2F)CS1(=O)=O. The number of sulfonamides is 1. The monoisotopic (exact) mass is 441 g/mol. The van der Waals surface area contributed by atoms with Crippen molar-refractivity contribution in [2.75, 3.05) is 17.6 Å². The summed E-state index contributed by atoms with van der Waals surface area (Å²) in [5.74, 6) is -2.66. The molecule has 11 heteroatoms. The van der Waals surface area contributed by atoms with Gasteiger partial charge in [-0.15, -0.1) is 0 Å². The molecule has 2 aromatic rings. The topological polar surface area (TPSA) is 118 Å². The number of rotatable bonds is 4. The fourth-order valence-electron chi connectivity index (χ4n) is 3.01. The van der Waals surface area contributed by atoms with Crippen LogP contribution in [0.15, 0.2) is 41.5 Å². The Kier molecular flexibility index (Phi) is 4.80. The molecule has 0 radical (unpaired) electrons. The van der Waals surface area contributed by atoms with Gasteiger partial charge in [-0.05, 0) is 44.2 Å². The van der Waals surface area contributed by atoms with Gasteiger partial charge in [0.25, 0.3) is 5.91 Å². The van der Waals surface area contributed by atoms with Gasteiger partial charge >= 0.3 is 0 Å². The standard InChI is InChI=1S/C18H19ClFN5O3S/c1-3-25-17(21)24-18(2,10-29(25,27)28)13-8-12(5-6-14(13)20)23-16(26)15-7-4-11(19)9-22-15/h4-9H,3,10H2,1-2H3,(H2,21,24)(H,23,26)/t18-/m0/s1/i3D2. The van der Waals surface area contributed by atoms with Gasteiger partial charge in [-0.1, -0.05) is 11.6 Å². The first-order chi connectivity index (χ1) is 14.2. The number of guanidine groups is 1. The molecule has 1 amide bonds. The molecule has 0 saturated carbocycles. The fraction of sp³-hybridized carbons (Fsp3) is 0.278. The van der Waals surface area contributed by atoms with E-state index in [9.17, 15) is 17.6 Å². The van der Waals surface area contributed by atoms with E-state index in [-0.39, 0.29) is 16.9 Å². The summed E-state index contributed by atoms with van der Waals surface area (Å²) in [6.07, 6.45) is 1.30. The number of carbonyl (C=O) groups is 1. The van der Waals surface area contributed by atoms with E-state index in [1.165, 1.54) is 37.4 Å². The largest absolute Gasteiger partial charge is 0.369 e. The number of carbonyl (C=O) groups excluding carboxylic acids is 1. The third-order valence-electron chi connectivity index (χ3n) is 4.28. The van der Waals surface area contributed by atoms with Gasteiger partial charge in [0, 0.05) is 23.9 Å². The van der Waals surface area contributed by atoms with Crippen LogP contribution in [0.25, 0.3) is 0 Å². The molecule has 0 bridgehead atoms. The smallest absolute Gasteiger partial charge is 0.274 e. The Hall–Kier alpha value is -2.72. The van der Waals surface area contributed by atoms with Crippen LogP contribution < -0.4 is 11.1 Å². The summed E-state index contributed by atoms with van der Waals surface area (Å²) in [5, 5.41) is 2.91. The maximum Gasteiger partial charge on any atom is 0.274 e. The van der Waals surface area contributed by atoms with Gasteiger partial charge in [0.15, 0.2) is 0 Å². The van der Waals surface area contributed by atoms with E-state index in [0.717, 1.165) is 13.0 Å². The highest BCUT2D eigenvalue weighted by Gasteiger charge is 2.42. The van der Waals surface area contributed by atoms with Gasteiger partial charge in [-0.2, -0.15) is 0 Å². The molecule has 1 aromatic carbocycles. The molecular formula is C18H19ClFN5O3S. The van der Waals surface area contributed by atoms with E-state index in [2.05, 4.69) is 15.3 Å². The third kappa shape index (κ3) is 4.18. The first kappa shape index (κ1) is 18.3. The zero-order chi connectivity index (χ0) is 23.2. The van der Waals surface area contributed by atoms with Gasteiger partial charge in [-0.25, -0.2) is 27.1 Å². The molecule has 0 aliphatic carbocycles. The number of aromatic nitrogens is 1. The highest BCUT2D eigenvalue weighted by atomic mass is 35.5. The number of nitrogens with one attached hydrogen (secondary N) is 1. The minimum atomic E-state index is -4.26. The van der Waals surface area contributed by atoms with Gasteiger partial charge in [0.05, 0.1) is 13.5 Å². The fourth-order valence-corrected chi connectivity index (χ4v) is 4.78. The summed E-state index contributed by atoms with van der Waals surface area (Å²) in [4.78, 5) is 20.4. The number of hydrogen-bond acceptors (Lipinski definition) is 6. The molecule has 0 saturated heterocycles. The van der Waals surface area contributed by atoms with E-state index < -0.39 is 45.5 Å². The Labute approximate surface area is 175 Å². The van der Waals surface area contributed by atoms with E-state index >= 15 is 0 Å². The van der Waals surface area contributed by atoms with Crippen LogP contribution in [0.5, 0.6) is 0 Å². The Morgan fingerprint density at radius 3 is 2.76 bits per heavy atom. The Morgan fingerprint density at radius 1 is 1.45 bits per heavy atom. The van der Waals surface area contributed by atoms with E-state index in [1.54, 1.807) is 0 Å². The third-order valence-corrected chi connectivity index (χ3v) is 6.36. The molecule has 0 spiro atoms. The lowest BCUT2D eigenvalue weighted by Crippen LogP contribution is -2.52. The van der Waals surface area contributed by atoms with E-state index in [4.69, 9.17) is 20.1 Å². The van der Waals surface area contributed by atoms with Crippen LogP contribution in [-0.4, -0.2) is 41.8 Å². The van der Waals surface area contributed by atoms with Crippen LogP contribution in [0.2, 0.25) is 5.02 Å². The Balaban J connectivity index is 1.99. The van der Waals surface area contributed by atoms with Crippen molar-refractivity contribution in [1.29, 1.82) is 0 Å². The maximum atomic E-state index is 14.7. The number of benzene rings is 1. The number of nitrogens with two attached hydrogens (primary N) is 1. The minimum Gasteiger partial charge on any atom is -0.369 e. The molecule has 154 valence electrons. The van der Waals surface area contributed by atoms with Crippen molar-refractivity contribution in [2.45, 2.75) is 19.4 Å². The van der Waals surface area contributed by atoms with Crippen molar-refractivity contribution >= 4 is 39.2 Å². The Bertz CT molecular complexity index is 1170. The van der Waals surface area contributed by atoms with Gasteiger partial charge in [0.2, 0.25) is 16.0 Å². The average molecular weight is 442 g/mol. The maximum absolute atomic E-state index is 14.7. The lowest BCUT2D eigenvalue weighted by atomic mass is 9.93. The molecule has 1 aromatic heterocycles. The molecular weight excluding hydrogens is 421 g/mol.